The fourth-order valence-electron chi connectivity index (χ4n) is 1.72. The summed E-state index contributed by atoms with van der Waals surface area (Å²) in [5.74, 6) is 0.266. The molecule has 0 aliphatic carbocycles. The van der Waals surface area contributed by atoms with E-state index >= 15 is 0 Å². The molecule has 3 heteroatoms. The Morgan fingerprint density at radius 3 is 2.50 bits per heavy atom. The number of aromatic nitrogens is 1. The predicted octanol–water partition coefficient (Wildman–Crippen LogP) is 1.36. The van der Waals surface area contributed by atoms with Crippen LogP contribution >= 0.6 is 0 Å². The van der Waals surface area contributed by atoms with Crippen molar-refractivity contribution in [3.63, 3.8) is 0 Å². The molecule has 0 aliphatic heterocycles. The number of nitrogens with zero attached hydrogens (tertiary/aromatic N) is 1. The van der Waals surface area contributed by atoms with Crippen molar-refractivity contribution in [3.05, 3.63) is 30.1 Å². The van der Waals surface area contributed by atoms with Gasteiger partial charge in [0.1, 0.15) is 0 Å². The van der Waals surface area contributed by atoms with Crippen LogP contribution in [0.4, 0.5) is 0 Å². The Kier molecular flexibility index (Phi) is 4.56. The summed E-state index contributed by atoms with van der Waals surface area (Å²) in [5.41, 5.74) is 1.18. The van der Waals surface area contributed by atoms with Gasteiger partial charge in [-0.1, -0.05) is 6.92 Å². The second-order valence-corrected chi connectivity index (χ2v) is 3.40. The van der Waals surface area contributed by atoms with Crippen molar-refractivity contribution < 1.29 is 5.11 Å². The van der Waals surface area contributed by atoms with E-state index in [4.69, 9.17) is 0 Å². The maximum absolute atomic E-state index is 9.23. The minimum atomic E-state index is 0.213. The van der Waals surface area contributed by atoms with Gasteiger partial charge < -0.3 is 10.4 Å². The van der Waals surface area contributed by atoms with Crippen LogP contribution in [0.1, 0.15) is 24.9 Å². The number of rotatable bonds is 5. The third-order valence-electron chi connectivity index (χ3n) is 2.61. The molecule has 0 fully saturated rings. The first-order chi connectivity index (χ1) is 6.83. The van der Waals surface area contributed by atoms with Crippen LogP contribution in [-0.2, 0) is 0 Å². The lowest BCUT2D eigenvalue weighted by Gasteiger charge is -2.24. The highest BCUT2D eigenvalue weighted by atomic mass is 16.3. The average Bonchev–Trinajstić information content (AvgIpc) is 2.27. The van der Waals surface area contributed by atoms with Crippen molar-refractivity contribution in [2.24, 2.45) is 5.92 Å². The Morgan fingerprint density at radius 1 is 1.43 bits per heavy atom. The molecule has 0 spiro atoms. The first-order valence-corrected chi connectivity index (χ1v) is 5.01. The van der Waals surface area contributed by atoms with E-state index in [1.165, 1.54) is 5.56 Å². The van der Waals surface area contributed by atoms with Crippen LogP contribution in [0.25, 0.3) is 0 Å². The molecule has 1 rings (SSSR count). The van der Waals surface area contributed by atoms with Crippen molar-refractivity contribution in [2.75, 3.05) is 13.7 Å². The summed E-state index contributed by atoms with van der Waals surface area (Å²) < 4.78 is 0. The van der Waals surface area contributed by atoms with E-state index in [1.807, 2.05) is 19.2 Å². The van der Waals surface area contributed by atoms with E-state index < -0.39 is 0 Å². The van der Waals surface area contributed by atoms with Gasteiger partial charge in [-0.15, -0.1) is 0 Å². The van der Waals surface area contributed by atoms with Crippen molar-refractivity contribution in [1.29, 1.82) is 0 Å². The molecule has 0 radical (unpaired) electrons. The van der Waals surface area contributed by atoms with E-state index in [-0.39, 0.29) is 18.6 Å². The molecule has 2 N–H and O–H groups in total. The summed E-state index contributed by atoms with van der Waals surface area (Å²) in [7, 11) is 1.92. The number of aliphatic hydroxyl groups excluding tert-OH is 1. The van der Waals surface area contributed by atoms with Crippen molar-refractivity contribution in [1.82, 2.24) is 10.3 Å². The average molecular weight is 194 g/mol. The SMILES string of the molecule is CCC(CO)C(NC)c1ccncc1. The monoisotopic (exact) mass is 194 g/mol. The summed E-state index contributed by atoms with van der Waals surface area (Å²) in [5, 5.41) is 12.5. The molecular formula is C11H18N2O. The van der Waals surface area contributed by atoms with Crippen molar-refractivity contribution in [3.8, 4) is 0 Å². The lowest BCUT2D eigenvalue weighted by atomic mass is 9.92. The second kappa shape index (κ2) is 5.73. The Bertz CT molecular complexity index is 247. The number of hydrogen-bond donors (Lipinski definition) is 2. The Hall–Kier alpha value is -0.930. The third-order valence-corrected chi connectivity index (χ3v) is 2.61. The highest BCUT2D eigenvalue weighted by Crippen LogP contribution is 2.23. The lowest BCUT2D eigenvalue weighted by molar-refractivity contribution is 0.189. The number of pyridine rings is 1. The van der Waals surface area contributed by atoms with E-state index in [0.29, 0.717) is 0 Å². The second-order valence-electron chi connectivity index (χ2n) is 3.40. The molecule has 1 heterocycles. The van der Waals surface area contributed by atoms with Gasteiger partial charge in [0.15, 0.2) is 0 Å². The molecule has 0 saturated carbocycles. The van der Waals surface area contributed by atoms with Crippen LogP contribution in [0.5, 0.6) is 0 Å². The molecule has 1 aromatic heterocycles. The van der Waals surface area contributed by atoms with Gasteiger partial charge in [-0.05, 0) is 31.2 Å². The fourth-order valence-corrected chi connectivity index (χ4v) is 1.72. The van der Waals surface area contributed by atoms with E-state index in [2.05, 4.69) is 17.2 Å². The molecule has 0 bridgehead atoms. The summed E-state index contributed by atoms with van der Waals surface area (Å²) in [6, 6.07) is 4.19. The van der Waals surface area contributed by atoms with E-state index in [9.17, 15) is 5.11 Å². The van der Waals surface area contributed by atoms with Gasteiger partial charge in [-0.25, -0.2) is 0 Å². The minimum absolute atomic E-state index is 0.213. The Morgan fingerprint density at radius 2 is 2.07 bits per heavy atom. The molecule has 78 valence electrons. The molecule has 0 aromatic carbocycles. The van der Waals surface area contributed by atoms with Crippen LogP contribution in [0, 0.1) is 5.92 Å². The zero-order chi connectivity index (χ0) is 10.4. The fraction of sp³-hybridized carbons (Fsp3) is 0.545. The number of aliphatic hydroxyl groups is 1. The topological polar surface area (TPSA) is 45.1 Å². The number of nitrogens with one attached hydrogen (secondary N) is 1. The molecule has 2 unspecified atom stereocenters. The van der Waals surface area contributed by atoms with Crippen LogP contribution in [0.15, 0.2) is 24.5 Å². The van der Waals surface area contributed by atoms with E-state index in [1.54, 1.807) is 12.4 Å². The maximum Gasteiger partial charge on any atom is 0.0477 e. The van der Waals surface area contributed by atoms with Crippen LogP contribution < -0.4 is 5.32 Å². The first kappa shape index (κ1) is 11.1. The van der Waals surface area contributed by atoms with Gasteiger partial charge in [-0.2, -0.15) is 0 Å². The van der Waals surface area contributed by atoms with Crippen molar-refractivity contribution in [2.45, 2.75) is 19.4 Å². The molecule has 0 amide bonds. The van der Waals surface area contributed by atoms with E-state index in [0.717, 1.165) is 6.42 Å². The molecule has 3 nitrogen and oxygen atoms in total. The van der Waals surface area contributed by atoms with Gasteiger partial charge in [0, 0.05) is 31.0 Å². The zero-order valence-electron chi connectivity index (χ0n) is 8.77. The zero-order valence-corrected chi connectivity index (χ0v) is 8.77. The van der Waals surface area contributed by atoms with Gasteiger partial charge >= 0.3 is 0 Å². The smallest absolute Gasteiger partial charge is 0.0477 e. The summed E-state index contributed by atoms with van der Waals surface area (Å²) >= 11 is 0. The highest BCUT2D eigenvalue weighted by molar-refractivity contribution is 5.15. The molecule has 2 atom stereocenters. The van der Waals surface area contributed by atoms with Gasteiger partial charge in [0.05, 0.1) is 0 Å². The quantitative estimate of drug-likeness (QED) is 0.744. The van der Waals surface area contributed by atoms with Gasteiger partial charge in [0.25, 0.3) is 0 Å². The molecule has 0 saturated heterocycles. The summed E-state index contributed by atoms with van der Waals surface area (Å²) in [6.07, 6.45) is 4.53. The third kappa shape index (κ3) is 2.53. The van der Waals surface area contributed by atoms with Gasteiger partial charge in [0.2, 0.25) is 0 Å². The molecule has 14 heavy (non-hydrogen) atoms. The largest absolute Gasteiger partial charge is 0.396 e. The van der Waals surface area contributed by atoms with Crippen molar-refractivity contribution >= 4 is 0 Å². The lowest BCUT2D eigenvalue weighted by Crippen LogP contribution is -2.27. The predicted molar refractivity (Wildman–Crippen MR) is 56.9 cm³/mol. The Labute approximate surface area is 85.2 Å². The number of hydrogen-bond acceptors (Lipinski definition) is 3. The summed E-state index contributed by atoms with van der Waals surface area (Å²) in [6.45, 7) is 2.30. The normalized spacial score (nSPS) is 15.1. The molecular weight excluding hydrogens is 176 g/mol. The molecule has 1 aromatic rings. The highest BCUT2D eigenvalue weighted by Gasteiger charge is 2.18. The molecule has 0 aliphatic rings. The maximum atomic E-state index is 9.23. The minimum Gasteiger partial charge on any atom is -0.396 e. The van der Waals surface area contributed by atoms with Crippen LogP contribution in [0.2, 0.25) is 0 Å². The summed E-state index contributed by atoms with van der Waals surface area (Å²) in [4.78, 5) is 3.98. The van der Waals surface area contributed by atoms with Gasteiger partial charge in [-0.3, -0.25) is 4.98 Å². The Balaban J connectivity index is 2.81. The standard InChI is InChI=1S/C11H18N2O/c1-3-9(8-14)11(12-2)10-4-6-13-7-5-10/h4-7,9,11-12,14H,3,8H2,1-2H3. The van der Waals surface area contributed by atoms with Crippen LogP contribution in [-0.4, -0.2) is 23.7 Å². The first-order valence-electron chi connectivity index (χ1n) is 5.01. The van der Waals surface area contributed by atoms with Crippen LogP contribution in [0.3, 0.4) is 0 Å².